The summed E-state index contributed by atoms with van der Waals surface area (Å²) >= 11 is 0. The van der Waals surface area contributed by atoms with Gasteiger partial charge in [0.1, 0.15) is 0 Å². The van der Waals surface area contributed by atoms with Gasteiger partial charge in [-0.2, -0.15) is 0 Å². The molecular weight excluding hydrogens is 378 g/mol. The van der Waals surface area contributed by atoms with Crippen LogP contribution >= 0.6 is 0 Å². The van der Waals surface area contributed by atoms with E-state index >= 15 is 0 Å². The Balaban J connectivity index is 1.76. The SMILES string of the molecule is Cc1ccc(C(=O)OCC(=O)N(c2ccccc2)C2C=CS(=O)(=O)C2)c(C)c1. The Labute approximate surface area is 164 Å². The summed E-state index contributed by atoms with van der Waals surface area (Å²) < 4.78 is 28.8. The van der Waals surface area contributed by atoms with Gasteiger partial charge in [-0.3, -0.25) is 4.79 Å². The summed E-state index contributed by atoms with van der Waals surface area (Å²) in [7, 11) is -3.35. The second-order valence-corrected chi connectivity index (χ2v) is 8.65. The molecule has 1 unspecified atom stereocenters. The number of amides is 1. The van der Waals surface area contributed by atoms with Crippen LogP contribution in [0.2, 0.25) is 0 Å². The number of benzene rings is 2. The van der Waals surface area contributed by atoms with Crippen LogP contribution in [0, 0.1) is 13.8 Å². The van der Waals surface area contributed by atoms with Crippen LogP contribution in [0.25, 0.3) is 0 Å². The van der Waals surface area contributed by atoms with Crippen molar-refractivity contribution in [2.24, 2.45) is 0 Å². The van der Waals surface area contributed by atoms with E-state index < -0.39 is 34.4 Å². The highest BCUT2D eigenvalue weighted by molar-refractivity contribution is 7.94. The van der Waals surface area contributed by atoms with Gasteiger partial charge in [-0.1, -0.05) is 35.9 Å². The summed E-state index contributed by atoms with van der Waals surface area (Å²) in [5.74, 6) is -1.27. The Morgan fingerprint density at radius 1 is 1.11 bits per heavy atom. The Bertz CT molecular complexity index is 1030. The van der Waals surface area contributed by atoms with Crippen molar-refractivity contribution in [2.75, 3.05) is 17.3 Å². The second-order valence-electron chi connectivity index (χ2n) is 6.72. The van der Waals surface area contributed by atoms with Gasteiger partial charge in [0.15, 0.2) is 16.4 Å². The molecule has 1 amide bonds. The Hall–Kier alpha value is -2.93. The first-order valence-electron chi connectivity index (χ1n) is 8.79. The smallest absolute Gasteiger partial charge is 0.338 e. The lowest BCUT2D eigenvalue weighted by Crippen LogP contribution is -2.43. The van der Waals surface area contributed by atoms with E-state index in [-0.39, 0.29) is 5.75 Å². The number of esters is 1. The molecule has 1 atom stereocenters. The molecule has 6 nitrogen and oxygen atoms in total. The van der Waals surface area contributed by atoms with Crippen molar-refractivity contribution in [3.8, 4) is 0 Å². The molecule has 0 saturated carbocycles. The van der Waals surface area contributed by atoms with Crippen LogP contribution in [0.3, 0.4) is 0 Å². The quantitative estimate of drug-likeness (QED) is 0.722. The van der Waals surface area contributed by atoms with E-state index in [4.69, 9.17) is 4.74 Å². The maximum atomic E-state index is 12.8. The summed E-state index contributed by atoms with van der Waals surface area (Å²) in [6.45, 7) is 3.24. The minimum absolute atomic E-state index is 0.196. The zero-order chi connectivity index (χ0) is 20.3. The summed E-state index contributed by atoms with van der Waals surface area (Å²) in [5, 5.41) is 1.11. The van der Waals surface area contributed by atoms with Crippen molar-refractivity contribution >= 4 is 27.4 Å². The first-order valence-corrected chi connectivity index (χ1v) is 10.5. The van der Waals surface area contributed by atoms with E-state index in [1.54, 1.807) is 49.4 Å². The van der Waals surface area contributed by atoms with Crippen molar-refractivity contribution < 1.29 is 22.7 Å². The number of hydrogen-bond donors (Lipinski definition) is 0. The molecule has 1 aliphatic heterocycles. The number of carbonyl (C=O) groups is 2. The largest absolute Gasteiger partial charge is 0.452 e. The number of sulfone groups is 1. The molecule has 146 valence electrons. The third-order valence-electron chi connectivity index (χ3n) is 4.47. The van der Waals surface area contributed by atoms with Gasteiger partial charge in [0.2, 0.25) is 0 Å². The Kier molecular flexibility index (Phi) is 5.65. The Morgan fingerprint density at radius 3 is 2.43 bits per heavy atom. The van der Waals surface area contributed by atoms with Crippen LogP contribution in [0.1, 0.15) is 21.5 Å². The van der Waals surface area contributed by atoms with Crippen LogP contribution in [0.4, 0.5) is 5.69 Å². The Morgan fingerprint density at radius 2 is 1.82 bits per heavy atom. The minimum Gasteiger partial charge on any atom is -0.452 e. The van der Waals surface area contributed by atoms with Crippen molar-refractivity contribution in [3.63, 3.8) is 0 Å². The lowest BCUT2D eigenvalue weighted by atomic mass is 10.1. The zero-order valence-electron chi connectivity index (χ0n) is 15.7. The molecule has 0 bridgehead atoms. The number of rotatable bonds is 5. The molecule has 0 radical (unpaired) electrons. The molecule has 3 rings (SSSR count). The van der Waals surface area contributed by atoms with Gasteiger partial charge < -0.3 is 9.64 Å². The number of hydrogen-bond acceptors (Lipinski definition) is 5. The summed E-state index contributed by atoms with van der Waals surface area (Å²) in [6, 6.07) is 13.4. The maximum Gasteiger partial charge on any atom is 0.338 e. The van der Waals surface area contributed by atoms with Crippen molar-refractivity contribution in [3.05, 3.63) is 76.7 Å². The van der Waals surface area contributed by atoms with E-state index in [0.717, 1.165) is 16.5 Å². The van der Waals surface area contributed by atoms with Crippen LogP contribution < -0.4 is 4.90 Å². The van der Waals surface area contributed by atoms with Crippen molar-refractivity contribution in [1.29, 1.82) is 0 Å². The molecule has 2 aromatic rings. The van der Waals surface area contributed by atoms with Gasteiger partial charge in [0.05, 0.1) is 17.4 Å². The van der Waals surface area contributed by atoms with Crippen LogP contribution in [0.15, 0.2) is 60.0 Å². The van der Waals surface area contributed by atoms with Crippen molar-refractivity contribution in [2.45, 2.75) is 19.9 Å². The highest BCUT2D eigenvalue weighted by Crippen LogP contribution is 2.23. The standard InChI is InChI=1S/C21H21NO5S/c1-15-8-9-19(16(2)12-15)21(24)27-13-20(23)22(17-6-4-3-5-7-17)18-10-11-28(25,26)14-18/h3-12,18H,13-14H2,1-2H3. The number of para-hydroxylation sites is 1. The molecule has 0 N–H and O–H groups in total. The maximum absolute atomic E-state index is 12.8. The fourth-order valence-corrected chi connectivity index (χ4v) is 4.41. The molecule has 2 aromatic carbocycles. The predicted octanol–water partition coefficient (Wildman–Crippen LogP) is 2.80. The summed E-state index contributed by atoms with van der Waals surface area (Å²) in [5.41, 5.74) is 2.73. The third kappa shape index (κ3) is 4.48. The van der Waals surface area contributed by atoms with Gasteiger partial charge in [-0.15, -0.1) is 0 Å². The number of carbonyl (C=O) groups excluding carboxylic acids is 2. The molecule has 0 aromatic heterocycles. The minimum atomic E-state index is -3.35. The molecule has 1 aliphatic rings. The molecule has 1 heterocycles. The lowest BCUT2D eigenvalue weighted by molar-refractivity contribution is -0.121. The average Bonchev–Trinajstić information content (AvgIpc) is 3.00. The molecule has 0 fully saturated rings. The molecule has 0 saturated heterocycles. The summed E-state index contributed by atoms with van der Waals surface area (Å²) in [6.07, 6.45) is 1.48. The molecule has 0 spiro atoms. The number of ether oxygens (including phenoxy) is 1. The van der Waals surface area contributed by atoms with Crippen LogP contribution in [-0.4, -0.2) is 38.7 Å². The average molecular weight is 399 g/mol. The molecule has 7 heteroatoms. The van der Waals surface area contributed by atoms with Gasteiger partial charge in [0.25, 0.3) is 5.91 Å². The highest BCUT2D eigenvalue weighted by atomic mass is 32.2. The van der Waals surface area contributed by atoms with Crippen LogP contribution in [-0.2, 0) is 19.4 Å². The van der Waals surface area contributed by atoms with E-state index in [1.807, 2.05) is 13.0 Å². The van der Waals surface area contributed by atoms with E-state index in [0.29, 0.717) is 11.3 Å². The highest BCUT2D eigenvalue weighted by Gasteiger charge is 2.31. The van der Waals surface area contributed by atoms with Crippen molar-refractivity contribution in [1.82, 2.24) is 0 Å². The van der Waals surface area contributed by atoms with E-state index in [9.17, 15) is 18.0 Å². The molecule has 28 heavy (non-hydrogen) atoms. The van der Waals surface area contributed by atoms with Gasteiger partial charge in [-0.05, 0) is 43.7 Å². The predicted molar refractivity (Wildman–Crippen MR) is 107 cm³/mol. The number of aryl methyl sites for hydroxylation is 2. The lowest BCUT2D eigenvalue weighted by Gasteiger charge is -2.27. The zero-order valence-corrected chi connectivity index (χ0v) is 16.5. The van der Waals surface area contributed by atoms with Gasteiger partial charge >= 0.3 is 5.97 Å². The number of anilines is 1. The molecular formula is C21H21NO5S. The van der Waals surface area contributed by atoms with E-state index in [2.05, 4.69) is 0 Å². The second kappa shape index (κ2) is 7.98. The summed E-state index contributed by atoms with van der Waals surface area (Å²) in [4.78, 5) is 26.6. The van der Waals surface area contributed by atoms with Crippen LogP contribution in [0.5, 0.6) is 0 Å². The van der Waals surface area contributed by atoms with Gasteiger partial charge in [-0.25, -0.2) is 13.2 Å². The normalized spacial score (nSPS) is 17.3. The molecule has 0 aliphatic carbocycles. The number of nitrogens with zero attached hydrogens (tertiary/aromatic N) is 1. The topological polar surface area (TPSA) is 80.8 Å². The van der Waals surface area contributed by atoms with E-state index in [1.165, 1.54) is 11.0 Å². The fourth-order valence-electron chi connectivity index (χ4n) is 3.15. The third-order valence-corrected chi connectivity index (χ3v) is 5.85. The monoisotopic (exact) mass is 399 g/mol. The fraction of sp³-hybridized carbons (Fsp3) is 0.238. The first-order chi connectivity index (χ1) is 13.3. The van der Waals surface area contributed by atoms with Gasteiger partial charge in [0, 0.05) is 11.1 Å². The first kappa shape index (κ1) is 19.8.